The van der Waals surface area contributed by atoms with Gasteiger partial charge in [0.25, 0.3) is 5.91 Å². The Kier molecular flexibility index (Phi) is 6.82. The molecule has 2 aromatic rings. The van der Waals surface area contributed by atoms with E-state index in [0.29, 0.717) is 43.4 Å². The molecule has 8 nitrogen and oxygen atoms in total. The molecule has 0 spiro atoms. The Morgan fingerprint density at radius 2 is 2.00 bits per heavy atom. The number of amides is 3. The van der Waals surface area contributed by atoms with Gasteiger partial charge >= 0.3 is 12.0 Å². The molecule has 0 bridgehead atoms. The van der Waals surface area contributed by atoms with Gasteiger partial charge in [0.05, 0.1) is 12.5 Å². The van der Waals surface area contributed by atoms with E-state index < -0.39 is 6.03 Å². The average molecular weight is 417 g/mol. The molecule has 1 aliphatic heterocycles. The van der Waals surface area contributed by atoms with Crippen molar-refractivity contribution in [2.45, 2.75) is 26.7 Å². The largest absolute Gasteiger partial charge is 0.466 e. The highest BCUT2D eigenvalue weighted by molar-refractivity contribution is 7.14. The van der Waals surface area contributed by atoms with Crippen molar-refractivity contribution in [3.8, 4) is 0 Å². The molecule has 0 radical (unpaired) electrons. The second-order valence-electron chi connectivity index (χ2n) is 6.81. The van der Waals surface area contributed by atoms with Gasteiger partial charge in [-0.2, -0.15) is 0 Å². The number of esters is 1. The topological polar surface area (TPSA) is 101 Å². The summed E-state index contributed by atoms with van der Waals surface area (Å²) in [6.07, 6.45) is 1.16. The number of aryl methyl sites for hydroxylation is 1. The molecule has 0 saturated carbocycles. The fourth-order valence-corrected chi connectivity index (χ4v) is 3.83. The molecule has 3 rings (SSSR count). The van der Waals surface area contributed by atoms with Gasteiger partial charge in [-0.25, -0.2) is 9.78 Å². The van der Waals surface area contributed by atoms with Crippen LogP contribution in [0.25, 0.3) is 0 Å². The highest BCUT2D eigenvalue weighted by Gasteiger charge is 2.29. The lowest BCUT2D eigenvalue weighted by Crippen LogP contribution is -2.40. The van der Waals surface area contributed by atoms with E-state index >= 15 is 0 Å². The van der Waals surface area contributed by atoms with Crippen LogP contribution in [0.5, 0.6) is 0 Å². The lowest BCUT2D eigenvalue weighted by atomic mass is 9.97. The quantitative estimate of drug-likeness (QED) is 0.727. The number of ether oxygens (including phenoxy) is 1. The number of nitrogens with one attached hydrogen (secondary N) is 2. The summed E-state index contributed by atoms with van der Waals surface area (Å²) >= 11 is 1.19. The third-order valence-electron chi connectivity index (χ3n) is 4.62. The summed E-state index contributed by atoms with van der Waals surface area (Å²) in [5.74, 6) is -0.549. The van der Waals surface area contributed by atoms with E-state index in [2.05, 4.69) is 15.6 Å². The molecule has 0 atom stereocenters. The number of carbonyl (C=O) groups is 3. The van der Waals surface area contributed by atoms with Crippen LogP contribution < -0.4 is 10.6 Å². The van der Waals surface area contributed by atoms with Gasteiger partial charge in [0.1, 0.15) is 5.69 Å². The van der Waals surface area contributed by atoms with Crippen LogP contribution in [0.3, 0.4) is 0 Å². The smallest absolute Gasteiger partial charge is 0.325 e. The van der Waals surface area contributed by atoms with Crippen molar-refractivity contribution in [2.75, 3.05) is 30.3 Å². The number of nitrogens with zero attached hydrogens (tertiary/aromatic N) is 2. The monoisotopic (exact) mass is 416 g/mol. The first kappa shape index (κ1) is 20.8. The van der Waals surface area contributed by atoms with Crippen molar-refractivity contribution in [2.24, 2.45) is 5.92 Å². The van der Waals surface area contributed by atoms with Crippen LogP contribution in [0.1, 0.15) is 35.8 Å². The van der Waals surface area contributed by atoms with Gasteiger partial charge < -0.3 is 15.0 Å². The molecule has 1 aromatic carbocycles. The Labute approximate surface area is 173 Å². The van der Waals surface area contributed by atoms with Crippen molar-refractivity contribution < 1.29 is 19.1 Å². The van der Waals surface area contributed by atoms with Gasteiger partial charge in [0, 0.05) is 24.2 Å². The molecular formula is C20H24N4O4S. The minimum absolute atomic E-state index is 0.156. The van der Waals surface area contributed by atoms with E-state index in [1.165, 1.54) is 11.3 Å². The summed E-state index contributed by atoms with van der Waals surface area (Å²) in [6, 6.07) is 7.03. The van der Waals surface area contributed by atoms with Gasteiger partial charge in [-0.3, -0.25) is 14.9 Å². The maximum atomic E-state index is 12.7. The van der Waals surface area contributed by atoms with Crippen LogP contribution in [-0.4, -0.2) is 47.5 Å². The van der Waals surface area contributed by atoms with Crippen molar-refractivity contribution in [1.82, 2.24) is 9.88 Å². The van der Waals surface area contributed by atoms with Gasteiger partial charge in [-0.05, 0) is 44.4 Å². The normalized spacial score (nSPS) is 14.3. The van der Waals surface area contributed by atoms with Crippen LogP contribution in [0.2, 0.25) is 0 Å². The van der Waals surface area contributed by atoms with Crippen molar-refractivity contribution in [3.05, 3.63) is 40.9 Å². The summed E-state index contributed by atoms with van der Waals surface area (Å²) in [6.45, 7) is 5.06. The number of thiazole rings is 1. The van der Waals surface area contributed by atoms with Gasteiger partial charge in [0.2, 0.25) is 0 Å². The first-order valence-electron chi connectivity index (χ1n) is 9.52. The molecule has 29 heavy (non-hydrogen) atoms. The first-order valence-corrected chi connectivity index (χ1v) is 10.4. The number of anilines is 2. The molecule has 1 fully saturated rings. The minimum atomic E-state index is -0.417. The van der Waals surface area contributed by atoms with Crippen LogP contribution in [0.4, 0.5) is 15.6 Å². The van der Waals surface area contributed by atoms with Crippen LogP contribution in [-0.2, 0) is 9.53 Å². The molecule has 1 aliphatic rings. The van der Waals surface area contributed by atoms with Crippen LogP contribution in [0, 0.1) is 12.8 Å². The molecule has 2 heterocycles. The number of benzene rings is 1. The highest BCUT2D eigenvalue weighted by Crippen LogP contribution is 2.22. The second kappa shape index (κ2) is 9.51. The molecular weight excluding hydrogens is 392 g/mol. The fourth-order valence-electron chi connectivity index (χ4n) is 3.15. The summed E-state index contributed by atoms with van der Waals surface area (Å²) in [5.41, 5.74) is 2.01. The molecule has 9 heteroatoms. The van der Waals surface area contributed by atoms with Crippen molar-refractivity contribution in [3.63, 3.8) is 0 Å². The Bertz CT molecular complexity index is 890. The Balaban J connectivity index is 1.52. The Morgan fingerprint density at radius 1 is 1.24 bits per heavy atom. The zero-order valence-corrected chi connectivity index (χ0v) is 17.3. The summed E-state index contributed by atoms with van der Waals surface area (Å²) in [7, 11) is 0. The highest BCUT2D eigenvalue weighted by atomic mass is 32.1. The third-order valence-corrected chi connectivity index (χ3v) is 5.38. The number of urea groups is 1. The number of hydrogen-bond donors (Lipinski definition) is 2. The number of rotatable bonds is 5. The number of carbonyl (C=O) groups excluding carboxylic acids is 3. The molecule has 0 unspecified atom stereocenters. The number of hydrogen-bond acceptors (Lipinski definition) is 6. The SMILES string of the molecule is CCOC(=O)C1CCN(C(=O)c2csc(NC(=O)Nc3cccc(C)c3)n2)CC1. The first-order chi connectivity index (χ1) is 14.0. The summed E-state index contributed by atoms with van der Waals surface area (Å²) < 4.78 is 5.05. The van der Waals surface area contributed by atoms with E-state index in [1.54, 1.807) is 23.3 Å². The van der Waals surface area contributed by atoms with Crippen LogP contribution in [0.15, 0.2) is 29.6 Å². The van der Waals surface area contributed by atoms with Gasteiger partial charge in [0.15, 0.2) is 5.13 Å². The van der Waals surface area contributed by atoms with Gasteiger partial charge in [-0.15, -0.1) is 11.3 Å². The van der Waals surface area contributed by atoms with Crippen molar-refractivity contribution in [1.29, 1.82) is 0 Å². The standard InChI is InChI=1S/C20H24N4O4S/c1-3-28-18(26)14-7-9-24(10-8-14)17(25)16-12-29-20(22-16)23-19(27)21-15-6-4-5-13(2)11-15/h4-6,11-12,14H,3,7-10H2,1-2H3,(H2,21,22,23,27). The zero-order chi connectivity index (χ0) is 20.8. The maximum absolute atomic E-state index is 12.7. The Hall–Kier alpha value is -2.94. The second-order valence-corrected chi connectivity index (χ2v) is 7.66. The number of aromatic nitrogens is 1. The molecule has 154 valence electrons. The van der Waals surface area contributed by atoms with E-state index in [4.69, 9.17) is 4.74 Å². The van der Waals surface area contributed by atoms with Crippen molar-refractivity contribution >= 4 is 40.1 Å². The fraction of sp³-hybridized carbons (Fsp3) is 0.400. The predicted octanol–water partition coefficient (Wildman–Crippen LogP) is 3.51. The maximum Gasteiger partial charge on any atom is 0.325 e. The van der Waals surface area contributed by atoms with E-state index in [1.807, 2.05) is 25.1 Å². The van der Waals surface area contributed by atoms with E-state index in [-0.39, 0.29) is 23.5 Å². The molecule has 2 N–H and O–H groups in total. The van der Waals surface area contributed by atoms with Gasteiger partial charge in [-0.1, -0.05) is 12.1 Å². The molecule has 1 saturated heterocycles. The summed E-state index contributed by atoms with van der Waals surface area (Å²) in [4.78, 5) is 42.5. The Morgan fingerprint density at radius 3 is 2.69 bits per heavy atom. The third kappa shape index (κ3) is 5.54. The molecule has 3 amide bonds. The molecule has 0 aliphatic carbocycles. The van der Waals surface area contributed by atoms with Crippen LogP contribution >= 0.6 is 11.3 Å². The lowest BCUT2D eigenvalue weighted by molar-refractivity contribution is -0.149. The number of likely N-dealkylation sites (tertiary alicyclic amines) is 1. The minimum Gasteiger partial charge on any atom is -0.466 e. The lowest BCUT2D eigenvalue weighted by Gasteiger charge is -2.30. The zero-order valence-electron chi connectivity index (χ0n) is 16.4. The summed E-state index contributed by atoms with van der Waals surface area (Å²) in [5, 5.41) is 7.36. The molecule has 1 aromatic heterocycles. The number of piperidine rings is 1. The van der Waals surface area contributed by atoms with E-state index in [9.17, 15) is 14.4 Å². The van der Waals surface area contributed by atoms with E-state index in [0.717, 1.165) is 5.56 Å². The average Bonchev–Trinajstić information content (AvgIpc) is 3.16. The predicted molar refractivity (Wildman–Crippen MR) is 111 cm³/mol.